The number of carbonyl (C=O) groups is 2. The van der Waals surface area contributed by atoms with E-state index in [-0.39, 0.29) is 11.7 Å². The Labute approximate surface area is 84.0 Å². The van der Waals surface area contributed by atoms with Crippen molar-refractivity contribution in [2.75, 3.05) is 18.4 Å². The monoisotopic (exact) mass is 247 g/mol. The van der Waals surface area contributed by atoms with Gasteiger partial charge in [-0.2, -0.15) is 0 Å². The maximum absolute atomic E-state index is 11.3. The van der Waals surface area contributed by atoms with Gasteiger partial charge in [-0.05, 0) is 11.8 Å². The first kappa shape index (κ1) is 8.99. The standard InChI is InChI=1S/C8H10BrNO3/c9-1-6(11)7-4-2-10(8(12)13)3-5(4)7/h4-5,7H,1-3H2,(H,12,13)/t4-,5-/m0/s1. The van der Waals surface area contributed by atoms with Crippen LogP contribution in [0.15, 0.2) is 0 Å². The van der Waals surface area contributed by atoms with Crippen LogP contribution in [0.5, 0.6) is 0 Å². The van der Waals surface area contributed by atoms with Gasteiger partial charge < -0.3 is 10.0 Å². The van der Waals surface area contributed by atoms with E-state index in [4.69, 9.17) is 5.11 Å². The Bertz CT molecular complexity index is 256. The van der Waals surface area contributed by atoms with Crippen molar-refractivity contribution in [3.05, 3.63) is 0 Å². The van der Waals surface area contributed by atoms with Gasteiger partial charge in [0.25, 0.3) is 0 Å². The van der Waals surface area contributed by atoms with Crippen LogP contribution in [0.1, 0.15) is 0 Å². The normalized spacial score (nSPS) is 35.8. The number of hydrogen-bond donors (Lipinski definition) is 1. The highest BCUT2D eigenvalue weighted by atomic mass is 79.9. The van der Waals surface area contributed by atoms with E-state index in [2.05, 4.69) is 15.9 Å². The van der Waals surface area contributed by atoms with Gasteiger partial charge in [-0.3, -0.25) is 4.79 Å². The number of amides is 1. The highest BCUT2D eigenvalue weighted by molar-refractivity contribution is 9.09. The van der Waals surface area contributed by atoms with Crippen LogP contribution in [0, 0.1) is 17.8 Å². The smallest absolute Gasteiger partial charge is 0.407 e. The number of halogens is 1. The van der Waals surface area contributed by atoms with Gasteiger partial charge in [0.2, 0.25) is 0 Å². The molecule has 4 nitrogen and oxygen atoms in total. The molecular weight excluding hydrogens is 238 g/mol. The van der Waals surface area contributed by atoms with E-state index < -0.39 is 6.09 Å². The van der Waals surface area contributed by atoms with Crippen LogP contribution in [-0.4, -0.2) is 40.3 Å². The number of carboxylic acid groups (broad SMARTS) is 1. The summed E-state index contributed by atoms with van der Waals surface area (Å²) in [4.78, 5) is 23.2. The van der Waals surface area contributed by atoms with Crippen LogP contribution < -0.4 is 0 Å². The van der Waals surface area contributed by atoms with E-state index >= 15 is 0 Å². The first-order chi connectivity index (χ1) is 6.15. The lowest BCUT2D eigenvalue weighted by molar-refractivity contribution is -0.118. The number of nitrogens with zero attached hydrogens (tertiary/aromatic N) is 1. The molecule has 2 rings (SSSR count). The summed E-state index contributed by atoms with van der Waals surface area (Å²) in [6, 6.07) is 0. The van der Waals surface area contributed by atoms with Crippen LogP contribution in [0.2, 0.25) is 0 Å². The summed E-state index contributed by atoms with van der Waals surface area (Å²) in [6.45, 7) is 1.09. The molecule has 72 valence electrons. The number of piperidine rings is 1. The maximum atomic E-state index is 11.3. The molecule has 1 saturated heterocycles. The molecule has 5 heteroatoms. The zero-order valence-electron chi connectivity index (χ0n) is 6.94. The molecule has 1 N–H and O–H groups in total. The minimum atomic E-state index is -0.864. The quantitative estimate of drug-likeness (QED) is 0.735. The van der Waals surface area contributed by atoms with Crippen LogP contribution >= 0.6 is 15.9 Å². The Morgan fingerprint density at radius 1 is 1.38 bits per heavy atom. The number of alkyl halides is 1. The molecule has 0 aromatic rings. The third-order valence-corrected chi connectivity index (χ3v) is 3.52. The van der Waals surface area contributed by atoms with Crippen molar-refractivity contribution < 1.29 is 14.7 Å². The second-order valence-electron chi connectivity index (χ2n) is 3.64. The highest BCUT2D eigenvalue weighted by Gasteiger charge is 2.59. The van der Waals surface area contributed by atoms with E-state index in [1.54, 1.807) is 0 Å². The zero-order chi connectivity index (χ0) is 9.59. The van der Waals surface area contributed by atoms with Crippen molar-refractivity contribution in [3.8, 4) is 0 Å². The van der Waals surface area contributed by atoms with Gasteiger partial charge in [0, 0.05) is 19.0 Å². The number of ketones is 1. The van der Waals surface area contributed by atoms with Crippen LogP contribution in [0.4, 0.5) is 4.79 Å². The first-order valence-electron chi connectivity index (χ1n) is 4.21. The number of carbonyl (C=O) groups excluding carboxylic acids is 1. The van der Waals surface area contributed by atoms with Gasteiger partial charge in [0.05, 0.1) is 5.33 Å². The summed E-state index contributed by atoms with van der Waals surface area (Å²) < 4.78 is 0. The van der Waals surface area contributed by atoms with Crippen LogP contribution in [-0.2, 0) is 4.79 Å². The van der Waals surface area contributed by atoms with Gasteiger partial charge in [0.1, 0.15) is 5.78 Å². The van der Waals surface area contributed by atoms with E-state index in [1.165, 1.54) is 4.90 Å². The number of rotatable bonds is 2. The molecule has 0 bridgehead atoms. The fraction of sp³-hybridized carbons (Fsp3) is 0.750. The Balaban J connectivity index is 1.90. The number of fused-ring (bicyclic) bond motifs is 1. The average molecular weight is 248 g/mol. The summed E-state index contributed by atoms with van der Waals surface area (Å²) in [5.74, 6) is 0.970. The molecule has 0 aromatic heterocycles. The summed E-state index contributed by atoms with van der Waals surface area (Å²) in [7, 11) is 0. The van der Waals surface area contributed by atoms with Gasteiger partial charge >= 0.3 is 6.09 Å². The summed E-state index contributed by atoms with van der Waals surface area (Å²) in [6.07, 6.45) is -0.864. The third-order valence-electron chi connectivity index (χ3n) is 2.97. The second-order valence-corrected chi connectivity index (χ2v) is 4.20. The fourth-order valence-electron chi connectivity index (χ4n) is 2.25. The minimum absolute atomic E-state index is 0.134. The predicted octanol–water partition coefficient (Wildman–Crippen LogP) is 0.806. The Kier molecular flexibility index (Phi) is 2.06. The lowest BCUT2D eigenvalue weighted by atomic mass is 10.2. The van der Waals surface area contributed by atoms with Crippen molar-refractivity contribution >= 4 is 27.8 Å². The van der Waals surface area contributed by atoms with Gasteiger partial charge in [-0.1, -0.05) is 15.9 Å². The summed E-state index contributed by atoms with van der Waals surface area (Å²) in [5, 5.41) is 9.07. The number of hydrogen-bond acceptors (Lipinski definition) is 2. The molecule has 2 fully saturated rings. The molecular formula is C8H10BrNO3. The van der Waals surface area contributed by atoms with Crippen molar-refractivity contribution in [1.29, 1.82) is 0 Å². The Hall–Kier alpha value is -0.580. The maximum Gasteiger partial charge on any atom is 0.407 e. The van der Waals surface area contributed by atoms with E-state index in [0.717, 1.165) is 0 Å². The summed E-state index contributed by atoms with van der Waals surface area (Å²) in [5.41, 5.74) is 0. The van der Waals surface area contributed by atoms with Crippen LogP contribution in [0.25, 0.3) is 0 Å². The molecule has 1 aliphatic carbocycles. The molecule has 1 heterocycles. The van der Waals surface area contributed by atoms with Crippen molar-refractivity contribution in [2.45, 2.75) is 0 Å². The van der Waals surface area contributed by atoms with Crippen molar-refractivity contribution in [2.24, 2.45) is 17.8 Å². The summed E-state index contributed by atoms with van der Waals surface area (Å²) >= 11 is 3.13. The molecule has 1 aliphatic heterocycles. The SMILES string of the molecule is O=C(CBr)C1[C@H]2CN(C(=O)O)C[C@H]12. The molecule has 0 aromatic carbocycles. The second kappa shape index (κ2) is 2.97. The Morgan fingerprint density at radius 3 is 2.31 bits per heavy atom. The zero-order valence-corrected chi connectivity index (χ0v) is 8.53. The highest BCUT2D eigenvalue weighted by Crippen LogP contribution is 2.52. The third kappa shape index (κ3) is 1.35. The molecule has 2 aliphatic rings. The number of Topliss-reactive ketones (excluding diaryl/α,β-unsaturated/α-hetero) is 1. The van der Waals surface area contributed by atoms with Gasteiger partial charge in [-0.15, -0.1) is 0 Å². The molecule has 0 unspecified atom stereocenters. The average Bonchev–Trinajstić information content (AvgIpc) is 2.58. The first-order valence-corrected chi connectivity index (χ1v) is 5.34. The molecule has 0 radical (unpaired) electrons. The molecule has 1 amide bonds. The fourth-order valence-corrected chi connectivity index (χ4v) is 2.62. The van der Waals surface area contributed by atoms with E-state index in [9.17, 15) is 9.59 Å². The lowest BCUT2D eigenvalue weighted by Crippen LogP contribution is -2.31. The molecule has 1 saturated carbocycles. The topological polar surface area (TPSA) is 57.6 Å². The molecule has 2 atom stereocenters. The molecule has 0 spiro atoms. The van der Waals surface area contributed by atoms with E-state index in [0.29, 0.717) is 30.3 Å². The van der Waals surface area contributed by atoms with Crippen molar-refractivity contribution in [1.82, 2.24) is 4.90 Å². The van der Waals surface area contributed by atoms with Crippen molar-refractivity contribution in [3.63, 3.8) is 0 Å². The van der Waals surface area contributed by atoms with E-state index in [1.807, 2.05) is 0 Å². The Morgan fingerprint density at radius 2 is 1.92 bits per heavy atom. The predicted molar refractivity (Wildman–Crippen MR) is 48.9 cm³/mol. The molecule has 13 heavy (non-hydrogen) atoms. The minimum Gasteiger partial charge on any atom is -0.465 e. The largest absolute Gasteiger partial charge is 0.465 e. The van der Waals surface area contributed by atoms with Gasteiger partial charge in [0.15, 0.2) is 0 Å². The van der Waals surface area contributed by atoms with Gasteiger partial charge in [-0.25, -0.2) is 4.79 Å². The lowest BCUT2D eigenvalue weighted by Gasteiger charge is -2.14. The van der Waals surface area contributed by atoms with Crippen LogP contribution in [0.3, 0.4) is 0 Å². The number of likely N-dealkylation sites (tertiary alicyclic amines) is 1.